The van der Waals surface area contributed by atoms with Crippen LogP contribution in [0.2, 0.25) is 0 Å². The molecule has 1 heterocycles. The molecule has 1 fully saturated rings. The molecular formula is C21H27N3O. The Bertz CT molecular complexity index is 686. The lowest BCUT2D eigenvalue weighted by atomic mass is 9.99. The van der Waals surface area contributed by atoms with Crippen molar-refractivity contribution in [1.82, 2.24) is 0 Å². The molecule has 0 bridgehead atoms. The molecule has 0 spiro atoms. The fraction of sp³-hybridized carbons (Fsp3) is 0.381. The topological polar surface area (TPSA) is 44.4 Å². The predicted molar refractivity (Wildman–Crippen MR) is 105 cm³/mol. The van der Waals surface area contributed by atoms with Crippen LogP contribution in [0.1, 0.15) is 25.3 Å². The monoisotopic (exact) mass is 337 g/mol. The van der Waals surface area contributed by atoms with Gasteiger partial charge in [0.1, 0.15) is 0 Å². The van der Waals surface area contributed by atoms with Gasteiger partial charge in [0.05, 0.1) is 6.54 Å². The second-order valence-corrected chi connectivity index (χ2v) is 6.98. The Hall–Kier alpha value is -2.49. The maximum absolute atomic E-state index is 12.1. The van der Waals surface area contributed by atoms with Crippen LogP contribution >= 0.6 is 0 Å². The second-order valence-electron chi connectivity index (χ2n) is 6.98. The van der Waals surface area contributed by atoms with Crippen molar-refractivity contribution >= 4 is 23.0 Å². The molecule has 1 aliphatic heterocycles. The first-order valence-electron chi connectivity index (χ1n) is 9.05. The average Bonchev–Trinajstić information content (AvgIpc) is 2.63. The van der Waals surface area contributed by atoms with Gasteiger partial charge in [-0.3, -0.25) is 4.79 Å². The normalized spacial score (nSPS) is 15.0. The van der Waals surface area contributed by atoms with Gasteiger partial charge in [0, 0.05) is 30.2 Å². The summed E-state index contributed by atoms with van der Waals surface area (Å²) < 4.78 is 0. The highest BCUT2D eigenvalue weighted by Gasteiger charge is 2.15. The van der Waals surface area contributed by atoms with Crippen LogP contribution in [0.3, 0.4) is 0 Å². The van der Waals surface area contributed by atoms with Crippen molar-refractivity contribution in [2.75, 3.05) is 35.2 Å². The van der Waals surface area contributed by atoms with Crippen molar-refractivity contribution in [2.45, 2.75) is 26.7 Å². The number of aryl methyl sites for hydroxylation is 1. The van der Waals surface area contributed by atoms with Crippen molar-refractivity contribution in [1.29, 1.82) is 0 Å². The Morgan fingerprint density at radius 1 is 1.00 bits per heavy atom. The van der Waals surface area contributed by atoms with Crippen LogP contribution in [0.25, 0.3) is 0 Å². The lowest BCUT2D eigenvalue weighted by Gasteiger charge is -2.32. The number of carbonyl (C=O) groups is 1. The lowest BCUT2D eigenvalue weighted by molar-refractivity contribution is -0.114. The van der Waals surface area contributed by atoms with Gasteiger partial charge < -0.3 is 15.5 Å². The summed E-state index contributed by atoms with van der Waals surface area (Å²) in [6.07, 6.45) is 2.51. The zero-order chi connectivity index (χ0) is 17.6. The zero-order valence-electron chi connectivity index (χ0n) is 15.1. The van der Waals surface area contributed by atoms with Crippen LogP contribution in [-0.4, -0.2) is 25.5 Å². The standard InChI is InChI=1S/C21H27N3O/c1-16-3-5-18(6-4-16)22-15-21(25)23-19-7-9-20(10-8-19)24-13-11-17(2)12-14-24/h3-10,17,22H,11-15H2,1-2H3,(H,23,25). The molecule has 4 nitrogen and oxygen atoms in total. The molecule has 3 rings (SSSR count). The Kier molecular flexibility index (Phi) is 5.59. The molecule has 2 N–H and O–H groups in total. The highest BCUT2D eigenvalue weighted by molar-refractivity contribution is 5.93. The van der Waals surface area contributed by atoms with Crippen LogP contribution in [-0.2, 0) is 4.79 Å². The van der Waals surface area contributed by atoms with Gasteiger partial charge in [-0.1, -0.05) is 24.6 Å². The van der Waals surface area contributed by atoms with Gasteiger partial charge >= 0.3 is 0 Å². The molecule has 25 heavy (non-hydrogen) atoms. The van der Waals surface area contributed by atoms with E-state index < -0.39 is 0 Å². The molecule has 0 unspecified atom stereocenters. The molecule has 0 aromatic heterocycles. The molecule has 1 saturated heterocycles. The van der Waals surface area contributed by atoms with E-state index in [2.05, 4.69) is 34.6 Å². The molecule has 0 aliphatic carbocycles. The molecule has 4 heteroatoms. The molecular weight excluding hydrogens is 310 g/mol. The van der Waals surface area contributed by atoms with E-state index in [1.807, 2.05) is 43.3 Å². The van der Waals surface area contributed by atoms with Crippen molar-refractivity contribution < 1.29 is 4.79 Å². The van der Waals surface area contributed by atoms with E-state index in [4.69, 9.17) is 0 Å². The maximum atomic E-state index is 12.1. The number of amides is 1. The molecule has 0 atom stereocenters. The Morgan fingerprint density at radius 3 is 2.24 bits per heavy atom. The minimum Gasteiger partial charge on any atom is -0.376 e. The van der Waals surface area contributed by atoms with E-state index >= 15 is 0 Å². The Labute approximate surface area is 150 Å². The summed E-state index contributed by atoms with van der Waals surface area (Å²) in [6, 6.07) is 16.2. The Balaban J connectivity index is 1.49. The molecule has 2 aromatic rings. The number of nitrogens with one attached hydrogen (secondary N) is 2. The number of benzene rings is 2. The first-order valence-corrected chi connectivity index (χ1v) is 9.05. The molecule has 0 radical (unpaired) electrons. The van der Waals surface area contributed by atoms with E-state index in [9.17, 15) is 4.79 Å². The number of carbonyl (C=O) groups excluding carboxylic acids is 1. The third kappa shape index (κ3) is 4.99. The summed E-state index contributed by atoms with van der Waals surface area (Å²) in [7, 11) is 0. The maximum Gasteiger partial charge on any atom is 0.243 e. The molecule has 1 amide bonds. The molecule has 132 valence electrons. The first-order chi connectivity index (χ1) is 12.1. The third-order valence-corrected chi connectivity index (χ3v) is 4.80. The van der Waals surface area contributed by atoms with Crippen LogP contribution in [0, 0.1) is 12.8 Å². The summed E-state index contributed by atoms with van der Waals surface area (Å²) in [4.78, 5) is 14.5. The Morgan fingerprint density at radius 2 is 1.60 bits per heavy atom. The molecule has 0 saturated carbocycles. The van der Waals surface area contributed by atoms with Crippen molar-refractivity contribution in [3.8, 4) is 0 Å². The highest BCUT2D eigenvalue weighted by Crippen LogP contribution is 2.24. The van der Waals surface area contributed by atoms with E-state index in [0.29, 0.717) is 0 Å². The average molecular weight is 337 g/mol. The van der Waals surface area contributed by atoms with E-state index in [-0.39, 0.29) is 12.5 Å². The number of nitrogens with zero attached hydrogens (tertiary/aromatic N) is 1. The fourth-order valence-electron chi connectivity index (χ4n) is 3.08. The minimum atomic E-state index is -0.0416. The SMILES string of the molecule is Cc1ccc(NCC(=O)Nc2ccc(N3CCC(C)CC3)cc2)cc1. The van der Waals surface area contributed by atoms with E-state index in [0.717, 1.165) is 30.4 Å². The van der Waals surface area contributed by atoms with E-state index in [1.165, 1.54) is 24.1 Å². The molecule has 1 aliphatic rings. The number of hydrogen-bond donors (Lipinski definition) is 2. The quantitative estimate of drug-likeness (QED) is 0.856. The number of anilines is 3. The summed E-state index contributed by atoms with van der Waals surface area (Å²) >= 11 is 0. The number of rotatable bonds is 5. The fourth-order valence-corrected chi connectivity index (χ4v) is 3.08. The van der Waals surface area contributed by atoms with Gasteiger partial charge in [0.15, 0.2) is 0 Å². The summed E-state index contributed by atoms with van der Waals surface area (Å²) in [5.74, 6) is 0.788. The van der Waals surface area contributed by atoms with E-state index in [1.54, 1.807) is 0 Å². The molecule has 2 aromatic carbocycles. The third-order valence-electron chi connectivity index (χ3n) is 4.80. The number of hydrogen-bond acceptors (Lipinski definition) is 3. The first kappa shape index (κ1) is 17.3. The summed E-state index contributed by atoms with van der Waals surface area (Å²) in [6.45, 7) is 6.86. The predicted octanol–water partition coefficient (Wildman–Crippen LogP) is 4.28. The second kappa shape index (κ2) is 8.06. The number of piperidine rings is 1. The van der Waals surface area contributed by atoms with Crippen LogP contribution in [0.4, 0.5) is 17.1 Å². The van der Waals surface area contributed by atoms with Crippen molar-refractivity contribution in [2.24, 2.45) is 5.92 Å². The van der Waals surface area contributed by atoms with Crippen molar-refractivity contribution in [3.63, 3.8) is 0 Å². The zero-order valence-corrected chi connectivity index (χ0v) is 15.1. The van der Waals surface area contributed by atoms with Gasteiger partial charge in [0.25, 0.3) is 0 Å². The van der Waals surface area contributed by atoms with Crippen LogP contribution < -0.4 is 15.5 Å². The van der Waals surface area contributed by atoms with Gasteiger partial charge in [-0.2, -0.15) is 0 Å². The smallest absolute Gasteiger partial charge is 0.243 e. The van der Waals surface area contributed by atoms with Gasteiger partial charge in [0.2, 0.25) is 5.91 Å². The van der Waals surface area contributed by atoms with Crippen molar-refractivity contribution in [3.05, 3.63) is 54.1 Å². The highest BCUT2D eigenvalue weighted by atomic mass is 16.1. The minimum absolute atomic E-state index is 0.0416. The van der Waals surface area contributed by atoms with Gasteiger partial charge in [-0.05, 0) is 62.1 Å². The van der Waals surface area contributed by atoms with Gasteiger partial charge in [-0.15, -0.1) is 0 Å². The van der Waals surface area contributed by atoms with Crippen LogP contribution in [0.15, 0.2) is 48.5 Å². The largest absolute Gasteiger partial charge is 0.376 e. The summed E-state index contributed by atoms with van der Waals surface area (Å²) in [5, 5.41) is 6.08. The summed E-state index contributed by atoms with van der Waals surface area (Å²) in [5.41, 5.74) is 4.24. The van der Waals surface area contributed by atoms with Crippen LogP contribution in [0.5, 0.6) is 0 Å². The van der Waals surface area contributed by atoms with Gasteiger partial charge in [-0.25, -0.2) is 0 Å². The lowest BCUT2D eigenvalue weighted by Crippen LogP contribution is -2.32.